The predicted molar refractivity (Wildman–Crippen MR) is 53.0 cm³/mol. The van der Waals surface area contributed by atoms with Gasteiger partial charge in [-0.05, 0) is 12.8 Å². The number of nitrogens with one attached hydrogen (secondary N) is 1. The third kappa shape index (κ3) is 1.91. The van der Waals surface area contributed by atoms with Crippen LogP contribution in [0.3, 0.4) is 0 Å². The lowest BCUT2D eigenvalue weighted by atomic mass is 9.91. The molecule has 0 aromatic carbocycles. The zero-order valence-electron chi connectivity index (χ0n) is 8.66. The molecule has 0 bridgehead atoms. The van der Waals surface area contributed by atoms with Gasteiger partial charge in [0, 0.05) is 32.2 Å². The third-order valence-corrected chi connectivity index (χ3v) is 3.31. The van der Waals surface area contributed by atoms with E-state index in [1.165, 1.54) is 7.11 Å². The Morgan fingerprint density at radius 1 is 1.50 bits per heavy atom. The van der Waals surface area contributed by atoms with Gasteiger partial charge < -0.3 is 10.1 Å². The Labute approximate surface area is 84.6 Å². The maximum atomic E-state index is 11.4. The molecule has 2 rings (SSSR count). The largest absolute Gasteiger partial charge is 0.469 e. The van der Waals surface area contributed by atoms with Gasteiger partial charge in [-0.1, -0.05) is 0 Å². The van der Waals surface area contributed by atoms with Crippen LogP contribution in [0.1, 0.15) is 12.8 Å². The number of hydrogen-bond acceptors (Lipinski definition) is 4. The zero-order valence-corrected chi connectivity index (χ0v) is 8.66. The summed E-state index contributed by atoms with van der Waals surface area (Å²) in [6.07, 6.45) is 2.10. The molecule has 0 aliphatic carbocycles. The quantitative estimate of drug-likeness (QED) is 0.595. The third-order valence-electron chi connectivity index (χ3n) is 3.31. The second-order valence-electron chi connectivity index (χ2n) is 4.15. The van der Waals surface area contributed by atoms with E-state index in [1.807, 2.05) is 0 Å². The molecule has 14 heavy (non-hydrogen) atoms. The first-order valence-corrected chi connectivity index (χ1v) is 5.34. The van der Waals surface area contributed by atoms with Gasteiger partial charge in [-0.2, -0.15) is 0 Å². The van der Waals surface area contributed by atoms with E-state index < -0.39 is 0 Å². The molecule has 0 saturated carbocycles. The van der Waals surface area contributed by atoms with Crippen molar-refractivity contribution >= 4 is 5.97 Å². The van der Waals surface area contributed by atoms with Crippen LogP contribution in [0.2, 0.25) is 0 Å². The SMILES string of the molecule is COC(=O)[C@@H]1CC[C@@H]2CNCCN2C1. The van der Waals surface area contributed by atoms with Crippen LogP contribution in [0.4, 0.5) is 0 Å². The molecule has 2 fully saturated rings. The first-order chi connectivity index (χ1) is 6.81. The van der Waals surface area contributed by atoms with Gasteiger partial charge in [-0.3, -0.25) is 9.69 Å². The predicted octanol–water partition coefficient (Wildman–Crippen LogP) is -0.157. The van der Waals surface area contributed by atoms with Crippen molar-refractivity contribution in [3.63, 3.8) is 0 Å². The minimum atomic E-state index is -0.0398. The average Bonchev–Trinajstić information content (AvgIpc) is 2.27. The van der Waals surface area contributed by atoms with Crippen LogP contribution in [0.5, 0.6) is 0 Å². The fraction of sp³-hybridized carbons (Fsp3) is 0.900. The van der Waals surface area contributed by atoms with Crippen LogP contribution in [-0.2, 0) is 9.53 Å². The van der Waals surface area contributed by atoms with E-state index in [4.69, 9.17) is 4.74 Å². The minimum absolute atomic E-state index is 0.0398. The standard InChI is InChI=1S/C10H18N2O2/c1-14-10(13)8-2-3-9-6-11-4-5-12(9)7-8/h8-9,11H,2-7H2,1H3/t8-,9-/m1/s1. The summed E-state index contributed by atoms with van der Waals surface area (Å²) in [5.41, 5.74) is 0. The van der Waals surface area contributed by atoms with Crippen molar-refractivity contribution in [1.82, 2.24) is 10.2 Å². The lowest BCUT2D eigenvalue weighted by Crippen LogP contribution is -2.55. The number of piperazine rings is 1. The number of methoxy groups -OCH3 is 1. The lowest BCUT2D eigenvalue weighted by Gasteiger charge is -2.41. The van der Waals surface area contributed by atoms with E-state index in [9.17, 15) is 4.79 Å². The highest BCUT2D eigenvalue weighted by Crippen LogP contribution is 2.23. The molecule has 80 valence electrons. The number of hydrogen-bond donors (Lipinski definition) is 1. The molecule has 4 heteroatoms. The van der Waals surface area contributed by atoms with Crippen LogP contribution in [0.15, 0.2) is 0 Å². The van der Waals surface area contributed by atoms with Gasteiger partial charge in [0.05, 0.1) is 13.0 Å². The van der Waals surface area contributed by atoms with E-state index in [0.29, 0.717) is 6.04 Å². The Morgan fingerprint density at radius 3 is 3.14 bits per heavy atom. The van der Waals surface area contributed by atoms with Gasteiger partial charge in [-0.25, -0.2) is 0 Å². The Balaban J connectivity index is 1.92. The molecule has 0 spiro atoms. The molecule has 0 aromatic heterocycles. The molecular weight excluding hydrogens is 180 g/mol. The van der Waals surface area contributed by atoms with Gasteiger partial charge in [0.1, 0.15) is 0 Å². The number of carbonyl (C=O) groups is 1. The number of piperidine rings is 1. The first-order valence-electron chi connectivity index (χ1n) is 5.34. The molecule has 1 N–H and O–H groups in total. The maximum Gasteiger partial charge on any atom is 0.309 e. The number of rotatable bonds is 1. The molecular formula is C10H18N2O2. The Morgan fingerprint density at radius 2 is 2.36 bits per heavy atom. The van der Waals surface area contributed by atoms with Gasteiger partial charge in [0.25, 0.3) is 0 Å². The lowest BCUT2D eigenvalue weighted by molar-refractivity contribution is -0.148. The van der Waals surface area contributed by atoms with Crippen molar-refractivity contribution in [3.8, 4) is 0 Å². The topological polar surface area (TPSA) is 41.6 Å². The van der Waals surface area contributed by atoms with Crippen LogP contribution in [0, 0.1) is 5.92 Å². The van der Waals surface area contributed by atoms with E-state index in [0.717, 1.165) is 39.0 Å². The van der Waals surface area contributed by atoms with Crippen LogP contribution < -0.4 is 5.32 Å². The number of nitrogens with zero attached hydrogens (tertiary/aromatic N) is 1. The van der Waals surface area contributed by atoms with Gasteiger partial charge in [0.2, 0.25) is 0 Å². The highest BCUT2D eigenvalue weighted by molar-refractivity contribution is 5.72. The molecule has 0 amide bonds. The van der Waals surface area contributed by atoms with Crippen LogP contribution in [0.25, 0.3) is 0 Å². The van der Waals surface area contributed by atoms with Gasteiger partial charge in [-0.15, -0.1) is 0 Å². The molecule has 2 heterocycles. The van der Waals surface area contributed by atoms with Crippen LogP contribution in [-0.4, -0.2) is 50.2 Å². The molecule has 2 aliphatic rings. The highest BCUT2D eigenvalue weighted by atomic mass is 16.5. The molecule has 0 aromatic rings. The Bertz CT molecular complexity index is 220. The van der Waals surface area contributed by atoms with Crippen molar-refractivity contribution < 1.29 is 9.53 Å². The molecule has 0 radical (unpaired) electrons. The summed E-state index contributed by atoms with van der Waals surface area (Å²) in [5, 5.41) is 3.38. The molecule has 4 nitrogen and oxygen atoms in total. The summed E-state index contributed by atoms with van der Waals surface area (Å²) in [4.78, 5) is 13.8. The Kier molecular flexibility index (Phi) is 3.03. The minimum Gasteiger partial charge on any atom is -0.469 e. The smallest absolute Gasteiger partial charge is 0.309 e. The first kappa shape index (κ1) is 9.93. The van der Waals surface area contributed by atoms with Crippen molar-refractivity contribution in [1.29, 1.82) is 0 Å². The van der Waals surface area contributed by atoms with E-state index in [1.54, 1.807) is 0 Å². The summed E-state index contributed by atoms with van der Waals surface area (Å²) in [6, 6.07) is 0.643. The van der Waals surface area contributed by atoms with Crippen molar-refractivity contribution in [2.75, 3.05) is 33.3 Å². The zero-order chi connectivity index (χ0) is 9.97. The average molecular weight is 198 g/mol. The molecule has 0 unspecified atom stereocenters. The molecule has 2 saturated heterocycles. The second kappa shape index (κ2) is 4.28. The monoisotopic (exact) mass is 198 g/mol. The second-order valence-corrected chi connectivity index (χ2v) is 4.15. The van der Waals surface area contributed by atoms with Crippen molar-refractivity contribution in [3.05, 3.63) is 0 Å². The normalized spacial score (nSPS) is 33.5. The molecule has 2 atom stereocenters. The highest BCUT2D eigenvalue weighted by Gasteiger charge is 2.33. The summed E-state index contributed by atoms with van der Waals surface area (Å²) in [7, 11) is 1.48. The number of fused-ring (bicyclic) bond motifs is 1. The summed E-state index contributed by atoms with van der Waals surface area (Å²) >= 11 is 0. The fourth-order valence-electron chi connectivity index (χ4n) is 2.45. The van der Waals surface area contributed by atoms with Crippen LogP contribution >= 0.6 is 0 Å². The number of esters is 1. The summed E-state index contributed by atoms with van der Waals surface area (Å²) in [6.45, 7) is 4.08. The molecule has 2 aliphatic heterocycles. The number of ether oxygens (including phenoxy) is 1. The van der Waals surface area contributed by atoms with E-state index in [2.05, 4.69) is 10.2 Å². The number of carbonyl (C=O) groups excluding carboxylic acids is 1. The van der Waals surface area contributed by atoms with Gasteiger partial charge in [0.15, 0.2) is 0 Å². The van der Waals surface area contributed by atoms with Crippen molar-refractivity contribution in [2.45, 2.75) is 18.9 Å². The summed E-state index contributed by atoms with van der Waals surface area (Å²) < 4.78 is 4.79. The van der Waals surface area contributed by atoms with Crippen molar-refractivity contribution in [2.24, 2.45) is 5.92 Å². The maximum absolute atomic E-state index is 11.4. The fourth-order valence-corrected chi connectivity index (χ4v) is 2.45. The van der Waals surface area contributed by atoms with Gasteiger partial charge >= 0.3 is 5.97 Å². The van der Waals surface area contributed by atoms with E-state index >= 15 is 0 Å². The summed E-state index contributed by atoms with van der Waals surface area (Å²) in [5.74, 6) is 0.0660. The van der Waals surface area contributed by atoms with E-state index in [-0.39, 0.29) is 11.9 Å². The Hall–Kier alpha value is -0.610.